The summed E-state index contributed by atoms with van der Waals surface area (Å²) in [6.45, 7) is 0.485. The minimum Gasteiger partial charge on any atom is -0.491 e. The maximum absolute atomic E-state index is 13.5. The topological polar surface area (TPSA) is 35.2 Å². The average Bonchev–Trinajstić information content (AvgIpc) is 2.18. The van der Waals surface area contributed by atoms with Crippen LogP contribution in [0.5, 0.6) is 5.75 Å². The van der Waals surface area contributed by atoms with Gasteiger partial charge < -0.3 is 10.5 Å². The number of ether oxygens (including phenoxy) is 1. The Balaban J connectivity index is 2.96. The van der Waals surface area contributed by atoms with Crippen molar-refractivity contribution in [2.45, 2.75) is 12.8 Å². The largest absolute Gasteiger partial charge is 0.491 e. The lowest BCUT2D eigenvalue weighted by Crippen LogP contribution is -2.03. The van der Waals surface area contributed by atoms with Gasteiger partial charge in [-0.25, -0.2) is 8.78 Å². The van der Waals surface area contributed by atoms with Crippen LogP contribution in [0.3, 0.4) is 0 Å². The fourth-order valence-electron chi connectivity index (χ4n) is 1.25. The van der Waals surface area contributed by atoms with Gasteiger partial charge in [0.05, 0.1) is 7.11 Å². The van der Waals surface area contributed by atoms with Gasteiger partial charge in [-0.15, -0.1) is 0 Å². The summed E-state index contributed by atoms with van der Waals surface area (Å²) in [5.41, 5.74) is 5.74. The minimum absolute atomic E-state index is 0.320. The SMILES string of the molecule is COc1c(F)ccc(CCCN)c1F. The van der Waals surface area contributed by atoms with Gasteiger partial charge in [0.15, 0.2) is 17.4 Å². The molecule has 0 amide bonds. The molecule has 0 heterocycles. The average molecular weight is 201 g/mol. The molecular weight excluding hydrogens is 188 g/mol. The van der Waals surface area contributed by atoms with Gasteiger partial charge >= 0.3 is 0 Å². The lowest BCUT2D eigenvalue weighted by molar-refractivity contribution is 0.357. The molecule has 0 bridgehead atoms. The quantitative estimate of drug-likeness (QED) is 0.807. The van der Waals surface area contributed by atoms with Gasteiger partial charge in [-0.2, -0.15) is 0 Å². The number of nitrogens with two attached hydrogens (primary N) is 1. The van der Waals surface area contributed by atoms with Crippen molar-refractivity contribution in [3.8, 4) is 5.75 Å². The smallest absolute Gasteiger partial charge is 0.190 e. The first-order chi connectivity index (χ1) is 6.70. The van der Waals surface area contributed by atoms with Gasteiger partial charge in [0.2, 0.25) is 0 Å². The van der Waals surface area contributed by atoms with Crippen molar-refractivity contribution in [3.63, 3.8) is 0 Å². The lowest BCUT2D eigenvalue weighted by Gasteiger charge is -2.07. The second-order valence-corrected chi connectivity index (χ2v) is 2.95. The lowest BCUT2D eigenvalue weighted by atomic mass is 10.1. The summed E-state index contributed by atoms with van der Waals surface area (Å²) >= 11 is 0. The van der Waals surface area contributed by atoms with Gasteiger partial charge in [-0.3, -0.25) is 0 Å². The monoisotopic (exact) mass is 201 g/mol. The molecule has 0 aliphatic carbocycles. The molecule has 0 aliphatic rings. The zero-order chi connectivity index (χ0) is 10.6. The van der Waals surface area contributed by atoms with Crippen molar-refractivity contribution < 1.29 is 13.5 Å². The van der Waals surface area contributed by atoms with E-state index >= 15 is 0 Å². The van der Waals surface area contributed by atoms with Crippen molar-refractivity contribution in [3.05, 3.63) is 29.3 Å². The second-order valence-electron chi connectivity index (χ2n) is 2.95. The highest BCUT2D eigenvalue weighted by molar-refractivity contribution is 5.32. The van der Waals surface area contributed by atoms with Gasteiger partial charge in [-0.1, -0.05) is 6.07 Å². The van der Waals surface area contributed by atoms with E-state index in [1.54, 1.807) is 0 Å². The molecule has 0 atom stereocenters. The van der Waals surface area contributed by atoms with E-state index in [1.807, 2.05) is 0 Å². The van der Waals surface area contributed by atoms with E-state index in [9.17, 15) is 8.78 Å². The highest BCUT2D eigenvalue weighted by atomic mass is 19.1. The van der Waals surface area contributed by atoms with Crippen LogP contribution in [0.4, 0.5) is 8.78 Å². The molecule has 0 unspecified atom stereocenters. The Morgan fingerprint density at radius 3 is 2.64 bits per heavy atom. The standard InChI is InChI=1S/C10H13F2NO/c1-14-10-8(11)5-4-7(9(10)12)3-2-6-13/h4-5H,2-3,6,13H2,1H3. The first-order valence-corrected chi connectivity index (χ1v) is 4.41. The third-order valence-electron chi connectivity index (χ3n) is 1.98. The maximum atomic E-state index is 13.5. The number of hydrogen-bond acceptors (Lipinski definition) is 2. The molecule has 14 heavy (non-hydrogen) atoms. The van der Waals surface area contributed by atoms with Crippen LogP contribution >= 0.6 is 0 Å². The summed E-state index contributed by atoms with van der Waals surface area (Å²) in [4.78, 5) is 0. The highest BCUT2D eigenvalue weighted by Crippen LogP contribution is 2.24. The molecule has 1 aromatic carbocycles. The number of rotatable bonds is 4. The fraction of sp³-hybridized carbons (Fsp3) is 0.400. The first kappa shape index (κ1) is 10.9. The molecular formula is C10H13F2NO. The summed E-state index contributed by atoms with van der Waals surface area (Å²) in [6, 6.07) is 2.62. The van der Waals surface area contributed by atoms with Crippen LogP contribution in [0.2, 0.25) is 0 Å². The zero-order valence-corrected chi connectivity index (χ0v) is 8.02. The van der Waals surface area contributed by atoms with E-state index in [0.717, 1.165) is 0 Å². The van der Waals surface area contributed by atoms with Crippen molar-refractivity contribution in [1.82, 2.24) is 0 Å². The molecule has 2 nitrogen and oxygen atoms in total. The Hall–Kier alpha value is -1.16. The molecule has 0 saturated carbocycles. The van der Waals surface area contributed by atoms with Gasteiger partial charge in [0.1, 0.15) is 0 Å². The fourth-order valence-corrected chi connectivity index (χ4v) is 1.25. The van der Waals surface area contributed by atoms with Crippen LogP contribution in [0.1, 0.15) is 12.0 Å². The summed E-state index contributed by atoms with van der Waals surface area (Å²) < 4.78 is 31.0. The van der Waals surface area contributed by atoms with Crippen molar-refractivity contribution in [1.29, 1.82) is 0 Å². The normalized spacial score (nSPS) is 10.3. The first-order valence-electron chi connectivity index (χ1n) is 4.41. The molecule has 1 aromatic rings. The van der Waals surface area contributed by atoms with Gasteiger partial charge in [-0.05, 0) is 31.0 Å². The van der Waals surface area contributed by atoms with E-state index in [4.69, 9.17) is 5.73 Å². The number of halogens is 2. The van der Waals surface area contributed by atoms with E-state index in [1.165, 1.54) is 19.2 Å². The second kappa shape index (κ2) is 4.91. The predicted molar refractivity (Wildman–Crippen MR) is 50.3 cm³/mol. The molecule has 0 saturated heterocycles. The maximum Gasteiger partial charge on any atom is 0.190 e. The van der Waals surface area contributed by atoms with E-state index in [0.29, 0.717) is 24.9 Å². The van der Waals surface area contributed by atoms with E-state index in [-0.39, 0.29) is 5.75 Å². The van der Waals surface area contributed by atoms with Crippen LogP contribution in [0.25, 0.3) is 0 Å². The molecule has 0 aromatic heterocycles. The van der Waals surface area contributed by atoms with Crippen molar-refractivity contribution in [2.24, 2.45) is 5.73 Å². The Kier molecular flexibility index (Phi) is 3.83. The number of methoxy groups -OCH3 is 1. The van der Waals surface area contributed by atoms with Crippen molar-refractivity contribution in [2.75, 3.05) is 13.7 Å². The van der Waals surface area contributed by atoms with Crippen LogP contribution in [0.15, 0.2) is 12.1 Å². The molecule has 0 spiro atoms. The van der Waals surface area contributed by atoms with Gasteiger partial charge in [0, 0.05) is 0 Å². The molecule has 4 heteroatoms. The summed E-state index contributed by atoms with van der Waals surface area (Å²) in [7, 11) is 1.24. The van der Waals surface area contributed by atoms with Crippen molar-refractivity contribution >= 4 is 0 Å². The van der Waals surface area contributed by atoms with Crippen LogP contribution in [-0.2, 0) is 6.42 Å². The summed E-state index contributed by atoms with van der Waals surface area (Å²) in [5.74, 6) is -1.62. The van der Waals surface area contributed by atoms with E-state index in [2.05, 4.69) is 4.74 Å². The summed E-state index contributed by atoms with van der Waals surface area (Å²) in [5, 5.41) is 0. The predicted octanol–water partition coefficient (Wildman–Crippen LogP) is 1.86. The third kappa shape index (κ3) is 2.20. The molecule has 1 rings (SSSR count). The number of aryl methyl sites for hydroxylation is 1. The Labute approximate surface area is 81.7 Å². The Morgan fingerprint density at radius 2 is 2.07 bits per heavy atom. The van der Waals surface area contributed by atoms with E-state index < -0.39 is 11.6 Å². The van der Waals surface area contributed by atoms with Crippen LogP contribution in [-0.4, -0.2) is 13.7 Å². The molecule has 0 aliphatic heterocycles. The summed E-state index contributed by atoms with van der Waals surface area (Å²) in [6.07, 6.45) is 1.17. The highest BCUT2D eigenvalue weighted by Gasteiger charge is 2.13. The minimum atomic E-state index is -0.679. The van der Waals surface area contributed by atoms with Crippen LogP contribution < -0.4 is 10.5 Å². The van der Waals surface area contributed by atoms with Crippen LogP contribution in [0, 0.1) is 11.6 Å². The Morgan fingerprint density at radius 1 is 1.36 bits per heavy atom. The Bertz CT molecular complexity index is 315. The molecule has 0 radical (unpaired) electrons. The molecule has 2 N–H and O–H groups in total. The molecule has 78 valence electrons. The third-order valence-corrected chi connectivity index (χ3v) is 1.98. The van der Waals surface area contributed by atoms with Gasteiger partial charge in [0.25, 0.3) is 0 Å². The molecule has 0 fully saturated rings. The number of hydrogen-bond donors (Lipinski definition) is 1. The number of benzene rings is 1. The zero-order valence-electron chi connectivity index (χ0n) is 8.02.